The summed E-state index contributed by atoms with van der Waals surface area (Å²) in [6.45, 7) is 7.75. The highest BCUT2D eigenvalue weighted by Gasteiger charge is 2.23. The predicted octanol–water partition coefficient (Wildman–Crippen LogP) is 7.25. The number of aromatic nitrogens is 2. The standard InChI is InChI=1S/C34H51N3O5/c1-34(2,3)42-31(39)15-9-8-12-24-11-6-7-13-25(19-24)16-17-37(4)30-21-26-14-10-18-41-23-27-20-28(40-5)22-29(38)32(27)33(26)36-35-30/h20-22,24-25,38H,6-19,23H2,1-5H3/t24?,25-/m0/s1. The zero-order valence-corrected chi connectivity index (χ0v) is 26.4. The van der Waals surface area contributed by atoms with Crippen molar-refractivity contribution in [3.05, 3.63) is 29.3 Å². The molecule has 4 rings (SSSR count). The van der Waals surface area contributed by atoms with E-state index in [1.807, 2.05) is 26.8 Å². The summed E-state index contributed by atoms with van der Waals surface area (Å²) in [6.07, 6.45) is 13.1. The highest BCUT2D eigenvalue weighted by Crippen LogP contribution is 2.39. The Labute approximate surface area is 252 Å². The largest absolute Gasteiger partial charge is 0.507 e. The lowest BCUT2D eigenvalue weighted by atomic mass is 9.87. The normalized spacial score (nSPS) is 19.4. The summed E-state index contributed by atoms with van der Waals surface area (Å²) in [5.41, 5.74) is 2.95. The lowest BCUT2D eigenvalue weighted by Gasteiger charge is -2.24. The summed E-state index contributed by atoms with van der Waals surface area (Å²) < 4.78 is 16.7. The second kappa shape index (κ2) is 15.0. The molecule has 0 bridgehead atoms. The number of benzene rings is 1. The Morgan fingerprint density at radius 2 is 1.81 bits per heavy atom. The highest BCUT2D eigenvalue weighted by atomic mass is 16.6. The lowest BCUT2D eigenvalue weighted by Crippen LogP contribution is -2.23. The Morgan fingerprint density at radius 1 is 1.05 bits per heavy atom. The van der Waals surface area contributed by atoms with Gasteiger partial charge in [0.05, 0.1) is 13.7 Å². The van der Waals surface area contributed by atoms with Crippen LogP contribution >= 0.6 is 0 Å². The summed E-state index contributed by atoms with van der Waals surface area (Å²) in [7, 11) is 3.70. The SMILES string of the molecule is COc1cc(O)c2c(c1)COCCCc1cc(N(C)CC[C@@H]3CCCCC(CCCCC(=O)OC(C)(C)C)C3)nnc1-2. The second-order valence-electron chi connectivity index (χ2n) is 13.2. The van der Waals surface area contributed by atoms with Crippen molar-refractivity contribution in [1.82, 2.24) is 10.2 Å². The van der Waals surface area contributed by atoms with Gasteiger partial charge in [-0.3, -0.25) is 4.79 Å². The van der Waals surface area contributed by atoms with Gasteiger partial charge in [0.25, 0.3) is 0 Å². The molecule has 0 amide bonds. The Balaban J connectivity index is 1.34. The maximum absolute atomic E-state index is 12.0. The molecule has 232 valence electrons. The third-order valence-electron chi connectivity index (χ3n) is 8.57. The molecule has 1 unspecified atom stereocenters. The topological polar surface area (TPSA) is 94.0 Å². The fourth-order valence-corrected chi connectivity index (χ4v) is 6.40. The number of phenolic OH excluding ortho intramolecular Hbond substituents is 1. The smallest absolute Gasteiger partial charge is 0.306 e. The number of carbonyl (C=O) groups is 1. The Kier molecular flexibility index (Phi) is 11.5. The minimum atomic E-state index is -0.403. The monoisotopic (exact) mass is 581 g/mol. The van der Waals surface area contributed by atoms with Crippen LogP contribution in [0.15, 0.2) is 18.2 Å². The lowest BCUT2D eigenvalue weighted by molar-refractivity contribution is -0.154. The van der Waals surface area contributed by atoms with Crippen LogP contribution in [0, 0.1) is 11.8 Å². The van der Waals surface area contributed by atoms with Crippen LogP contribution in [0.3, 0.4) is 0 Å². The number of unbranched alkanes of at least 4 members (excludes halogenated alkanes) is 1. The Bertz CT molecular complexity index is 1180. The van der Waals surface area contributed by atoms with Crippen LogP contribution in [-0.4, -0.2) is 54.2 Å². The first-order valence-corrected chi connectivity index (χ1v) is 15.9. The van der Waals surface area contributed by atoms with Crippen LogP contribution in [0.5, 0.6) is 11.5 Å². The highest BCUT2D eigenvalue weighted by molar-refractivity contribution is 5.75. The number of aryl methyl sites for hydroxylation is 1. The van der Waals surface area contributed by atoms with Gasteiger partial charge in [0.2, 0.25) is 0 Å². The molecular weight excluding hydrogens is 530 g/mol. The van der Waals surface area contributed by atoms with Crippen molar-refractivity contribution in [2.45, 2.75) is 110 Å². The number of aromatic hydroxyl groups is 1. The number of hydrogen-bond acceptors (Lipinski definition) is 8. The molecule has 1 aromatic carbocycles. The molecule has 1 N–H and O–H groups in total. The van der Waals surface area contributed by atoms with Crippen LogP contribution in [-0.2, 0) is 27.3 Å². The van der Waals surface area contributed by atoms with E-state index in [4.69, 9.17) is 14.2 Å². The van der Waals surface area contributed by atoms with Gasteiger partial charge in [0, 0.05) is 38.2 Å². The number of fused-ring (bicyclic) bond motifs is 3. The van der Waals surface area contributed by atoms with E-state index in [0.717, 1.165) is 67.2 Å². The molecule has 1 saturated carbocycles. The van der Waals surface area contributed by atoms with E-state index in [1.165, 1.54) is 38.5 Å². The van der Waals surface area contributed by atoms with E-state index in [9.17, 15) is 9.90 Å². The zero-order valence-electron chi connectivity index (χ0n) is 26.4. The van der Waals surface area contributed by atoms with Gasteiger partial charge in [0.15, 0.2) is 5.82 Å². The maximum atomic E-state index is 12.0. The summed E-state index contributed by atoms with van der Waals surface area (Å²) in [5.74, 6) is 2.99. The van der Waals surface area contributed by atoms with Gasteiger partial charge >= 0.3 is 5.97 Å². The van der Waals surface area contributed by atoms with Crippen molar-refractivity contribution in [1.29, 1.82) is 0 Å². The zero-order chi connectivity index (χ0) is 30.1. The first-order valence-electron chi connectivity index (χ1n) is 15.9. The van der Waals surface area contributed by atoms with Crippen molar-refractivity contribution in [2.75, 3.05) is 32.2 Å². The van der Waals surface area contributed by atoms with E-state index in [1.54, 1.807) is 13.2 Å². The molecule has 2 atom stereocenters. The van der Waals surface area contributed by atoms with E-state index < -0.39 is 5.60 Å². The number of nitrogens with zero attached hydrogens (tertiary/aromatic N) is 3. The number of rotatable bonds is 10. The molecule has 2 heterocycles. The van der Waals surface area contributed by atoms with Gasteiger partial charge in [0.1, 0.15) is 22.8 Å². The Hall–Kier alpha value is -2.87. The predicted molar refractivity (Wildman–Crippen MR) is 166 cm³/mol. The van der Waals surface area contributed by atoms with Gasteiger partial charge < -0.3 is 24.2 Å². The molecular formula is C34H51N3O5. The Morgan fingerprint density at radius 3 is 2.55 bits per heavy atom. The molecule has 1 aliphatic heterocycles. The van der Waals surface area contributed by atoms with Crippen molar-refractivity contribution < 1.29 is 24.1 Å². The average molecular weight is 582 g/mol. The average Bonchev–Trinajstić information content (AvgIpc) is 3.12. The number of carbonyl (C=O) groups excluding carboxylic acids is 1. The van der Waals surface area contributed by atoms with Gasteiger partial charge in [-0.2, -0.15) is 0 Å². The molecule has 1 aromatic heterocycles. The maximum Gasteiger partial charge on any atom is 0.306 e. The van der Waals surface area contributed by atoms with Gasteiger partial charge in [-0.05, 0) is 88.0 Å². The first kappa shape index (κ1) is 32.1. The molecule has 2 aliphatic rings. The van der Waals surface area contributed by atoms with Gasteiger partial charge in [-0.15, -0.1) is 10.2 Å². The number of esters is 1. The summed E-state index contributed by atoms with van der Waals surface area (Å²) in [4.78, 5) is 14.3. The third-order valence-corrected chi connectivity index (χ3v) is 8.57. The van der Waals surface area contributed by atoms with Crippen molar-refractivity contribution in [3.8, 4) is 22.8 Å². The molecule has 8 nitrogen and oxygen atoms in total. The van der Waals surface area contributed by atoms with Gasteiger partial charge in [-0.1, -0.05) is 38.5 Å². The number of phenols is 1. The minimum Gasteiger partial charge on any atom is -0.507 e. The van der Waals surface area contributed by atoms with Gasteiger partial charge in [-0.25, -0.2) is 0 Å². The fraction of sp³-hybridized carbons (Fsp3) is 0.676. The van der Waals surface area contributed by atoms with Crippen LogP contribution in [0.2, 0.25) is 0 Å². The molecule has 1 aliphatic carbocycles. The number of anilines is 1. The summed E-state index contributed by atoms with van der Waals surface area (Å²) >= 11 is 0. The molecule has 1 fully saturated rings. The van der Waals surface area contributed by atoms with E-state index in [2.05, 4.69) is 28.2 Å². The second-order valence-corrected chi connectivity index (χ2v) is 13.2. The molecule has 2 aromatic rings. The fourth-order valence-electron chi connectivity index (χ4n) is 6.40. The molecule has 42 heavy (non-hydrogen) atoms. The summed E-state index contributed by atoms with van der Waals surface area (Å²) in [6, 6.07) is 5.68. The van der Waals surface area contributed by atoms with Crippen LogP contribution in [0.4, 0.5) is 5.82 Å². The molecule has 0 spiro atoms. The number of ether oxygens (including phenoxy) is 3. The first-order chi connectivity index (χ1) is 20.1. The molecule has 0 saturated heterocycles. The van der Waals surface area contributed by atoms with Crippen LogP contribution in [0.1, 0.15) is 103 Å². The number of hydrogen-bond donors (Lipinski definition) is 1. The quantitative estimate of drug-likeness (QED) is 0.178. The van der Waals surface area contributed by atoms with E-state index in [-0.39, 0.29) is 11.7 Å². The van der Waals surface area contributed by atoms with Crippen molar-refractivity contribution in [3.63, 3.8) is 0 Å². The van der Waals surface area contributed by atoms with E-state index >= 15 is 0 Å². The molecule has 8 heteroatoms. The minimum absolute atomic E-state index is 0.0779. The number of methoxy groups -OCH3 is 1. The van der Waals surface area contributed by atoms with Crippen molar-refractivity contribution in [2.24, 2.45) is 11.8 Å². The molecule has 0 radical (unpaired) electrons. The van der Waals surface area contributed by atoms with Crippen molar-refractivity contribution >= 4 is 11.8 Å². The third kappa shape index (κ3) is 9.32. The summed E-state index contributed by atoms with van der Waals surface area (Å²) in [5, 5.41) is 20.1. The van der Waals surface area contributed by atoms with E-state index in [0.29, 0.717) is 36.9 Å². The van der Waals surface area contributed by atoms with Crippen LogP contribution in [0.25, 0.3) is 11.3 Å². The van der Waals surface area contributed by atoms with Crippen LogP contribution < -0.4 is 9.64 Å².